The predicted octanol–water partition coefficient (Wildman–Crippen LogP) is 2.94. The summed E-state index contributed by atoms with van der Waals surface area (Å²) in [4.78, 5) is 2.57. The Bertz CT molecular complexity index is 292. The zero-order chi connectivity index (χ0) is 8.81. The van der Waals surface area contributed by atoms with Gasteiger partial charge in [-0.15, -0.1) is 0 Å². The maximum atomic E-state index is 7.97. The molecule has 0 saturated carbocycles. The standard InChI is InChI=1S/C7H6IN3O/c8-6-1-3-7(4-2-6)12-5-10-11-9/h1-4H,5H2. The average molecular weight is 275 g/mol. The summed E-state index contributed by atoms with van der Waals surface area (Å²) in [6, 6.07) is 7.50. The van der Waals surface area contributed by atoms with E-state index < -0.39 is 0 Å². The molecule has 62 valence electrons. The molecular weight excluding hydrogens is 269 g/mol. The lowest BCUT2D eigenvalue weighted by atomic mass is 10.3. The molecule has 0 amide bonds. The molecule has 0 fully saturated rings. The van der Waals surface area contributed by atoms with Crippen molar-refractivity contribution in [3.05, 3.63) is 38.3 Å². The van der Waals surface area contributed by atoms with Gasteiger partial charge < -0.3 is 4.74 Å². The van der Waals surface area contributed by atoms with Gasteiger partial charge in [0.25, 0.3) is 0 Å². The Morgan fingerprint density at radius 1 is 1.42 bits per heavy atom. The normalized spacial score (nSPS) is 8.75. The van der Waals surface area contributed by atoms with Crippen molar-refractivity contribution in [2.45, 2.75) is 0 Å². The molecule has 0 spiro atoms. The van der Waals surface area contributed by atoms with Crippen LogP contribution in [-0.4, -0.2) is 6.73 Å². The molecule has 1 aromatic carbocycles. The molecule has 0 atom stereocenters. The third-order valence-corrected chi connectivity index (χ3v) is 1.89. The summed E-state index contributed by atoms with van der Waals surface area (Å²) in [6.45, 7) is 0.0388. The van der Waals surface area contributed by atoms with Gasteiger partial charge >= 0.3 is 0 Å². The third-order valence-electron chi connectivity index (χ3n) is 1.17. The van der Waals surface area contributed by atoms with Gasteiger partial charge in [0.1, 0.15) is 5.75 Å². The number of azide groups is 1. The largest absolute Gasteiger partial charge is 0.488 e. The summed E-state index contributed by atoms with van der Waals surface area (Å²) in [5.41, 5.74) is 7.97. The van der Waals surface area contributed by atoms with Crippen molar-refractivity contribution >= 4 is 22.6 Å². The Kier molecular flexibility index (Phi) is 3.69. The minimum atomic E-state index is 0.0388. The summed E-state index contributed by atoms with van der Waals surface area (Å²) in [6.07, 6.45) is 0. The Labute approximate surface area is 83.3 Å². The molecule has 0 saturated heterocycles. The maximum Gasteiger partial charge on any atom is 0.167 e. The Morgan fingerprint density at radius 3 is 2.67 bits per heavy atom. The van der Waals surface area contributed by atoms with Crippen LogP contribution in [0.1, 0.15) is 0 Å². The molecule has 12 heavy (non-hydrogen) atoms. The fraction of sp³-hybridized carbons (Fsp3) is 0.143. The highest BCUT2D eigenvalue weighted by atomic mass is 127. The zero-order valence-corrected chi connectivity index (χ0v) is 8.30. The number of hydrogen-bond acceptors (Lipinski definition) is 2. The molecule has 4 nitrogen and oxygen atoms in total. The lowest BCUT2D eigenvalue weighted by Crippen LogP contribution is -1.91. The fourth-order valence-corrected chi connectivity index (χ4v) is 1.02. The second kappa shape index (κ2) is 4.84. The van der Waals surface area contributed by atoms with Crippen LogP contribution in [0.2, 0.25) is 0 Å². The molecule has 1 rings (SSSR count). The van der Waals surface area contributed by atoms with Gasteiger partial charge in [0.05, 0.1) is 0 Å². The van der Waals surface area contributed by atoms with Crippen molar-refractivity contribution in [3.8, 4) is 5.75 Å². The maximum absolute atomic E-state index is 7.97. The van der Waals surface area contributed by atoms with E-state index in [1.54, 1.807) is 0 Å². The van der Waals surface area contributed by atoms with Crippen molar-refractivity contribution in [3.63, 3.8) is 0 Å². The van der Waals surface area contributed by atoms with Gasteiger partial charge in [0, 0.05) is 8.48 Å². The SMILES string of the molecule is [N-]=[N+]=NCOc1ccc(I)cc1. The molecule has 0 radical (unpaired) electrons. The highest BCUT2D eigenvalue weighted by molar-refractivity contribution is 14.1. The van der Waals surface area contributed by atoms with Gasteiger partial charge in [0.2, 0.25) is 0 Å². The average Bonchev–Trinajstić information content (AvgIpc) is 2.09. The van der Waals surface area contributed by atoms with Crippen molar-refractivity contribution in [2.24, 2.45) is 5.11 Å². The summed E-state index contributed by atoms with van der Waals surface area (Å²) < 4.78 is 6.22. The van der Waals surface area contributed by atoms with Gasteiger partial charge in [-0.05, 0) is 52.4 Å². The monoisotopic (exact) mass is 275 g/mol. The van der Waals surface area contributed by atoms with E-state index in [1.807, 2.05) is 24.3 Å². The fourth-order valence-electron chi connectivity index (χ4n) is 0.660. The highest BCUT2D eigenvalue weighted by Gasteiger charge is 1.90. The first-order chi connectivity index (χ1) is 5.83. The molecule has 0 bridgehead atoms. The van der Waals surface area contributed by atoms with E-state index in [-0.39, 0.29) is 6.73 Å². The Balaban J connectivity index is 2.53. The second-order valence-corrected chi connectivity index (χ2v) is 3.20. The second-order valence-electron chi connectivity index (χ2n) is 1.96. The van der Waals surface area contributed by atoms with E-state index in [0.29, 0.717) is 5.75 Å². The van der Waals surface area contributed by atoms with Gasteiger partial charge in [-0.2, -0.15) is 0 Å². The Hall–Kier alpha value is -0.940. The number of halogens is 1. The summed E-state index contributed by atoms with van der Waals surface area (Å²) in [7, 11) is 0. The molecule has 0 aromatic heterocycles. The van der Waals surface area contributed by atoms with E-state index in [4.69, 9.17) is 10.3 Å². The Morgan fingerprint density at radius 2 is 2.08 bits per heavy atom. The quantitative estimate of drug-likeness (QED) is 0.362. The van der Waals surface area contributed by atoms with Crippen molar-refractivity contribution in [1.82, 2.24) is 0 Å². The van der Waals surface area contributed by atoms with Crippen LogP contribution in [0, 0.1) is 3.57 Å². The number of hydrogen-bond donors (Lipinski definition) is 0. The van der Waals surface area contributed by atoms with Crippen LogP contribution in [0.25, 0.3) is 10.4 Å². The van der Waals surface area contributed by atoms with Crippen LogP contribution in [0.3, 0.4) is 0 Å². The van der Waals surface area contributed by atoms with E-state index in [2.05, 4.69) is 32.6 Å². The topological polar surface area (TPSA) is 58.0 Å². The summed E-state index contributed by atoms with van der Waals surface area (Å²) in [5.74, 6) is 0.711. The smallest absolute Gasteiger partial charge is 0.167 e. The van der Waals surface area contributed by atoms with E-state index >= 15 is 0 Å². The van der Waals surface area contributed by atoms with Crippen LogP contribution in [0.5, 0.6) is 5.75 Å². The number of rotatable bonds is 3. The van der Waals surface area contributed by atoms with Gasteiger partial charge in [-0.25, -0.2) is 0 Å². The minimum Gasteiger partial charge on any atom is -0.488 e. The van der Waals surface area contributed by atoms with Crippen LogP contribution in [0.4, 0.5) is 0 Å². The molecule has 5 heteroatoms. The first kappa shape index (κ1) is 9.15. The molecule has 1 aromatic rings. The summed E-state index contributed by atoms with van der Waals surface area (Å²) in [5, 5.41) is 3.25. The predicted molar refractivity (Wildman–Crippen MR) is 53.8 cm³/mol. The van der Waals surface area contributed by atoms with Crippen molar-refractivity contribution in [2.75, 3.05) is 6.73 Å². The van der Waals surface area contributed by atoms with Gasteiger partial charge in [0.15, 0.2) is 6.73 Å². The minimum absolute atomic E-state index is 0.0388. The number of nitrogens with zero attached hydrogens (tertiary/aromatic N) is 3. The molecule has 0 heterocycles. The first-order valence-corrected chi connectivity index (χ1v) is 4.30. The van der Waals surface area contributed by atoms with Gasteiger partial charge in [-0.3, -0.25) is 0 Å². The third kappa shape index (κ3) is 2.98. The molecule has 0 aliphatic carbocycles. The van der Waals surface area contributed by atoms with Crippen LogP contribution < -0.4 is 4.74 Å². The first-order valence-electron chi connectivity index (χ1n) is 3.22. The van der Waals surface area contributed by atoms with Gasteiger partial charge in [-0.1, -0.05) is 5.11 Å². The molecule has 0 aliphatic rings. The zero-order valence-electron chi connectivity index (χ0n) is 6.14. The van der Waals surface area contributed by atoms with E-state index in [1.165, 1.54) is 0 Å². The highest BCUT2D eigenvalue weighted by Crippen LogP contribution is 2.13. The summed E-state index contributed by atoms with van der Waals surface area (Å²) >= 11 is 2.20. The molecule has 0 aliphatic heterocycles. The van der Waals surface area contributed by atoms with Crippen LogP contribution >= 0.6 is 22.6 Å². The molecule has 0 N–H and O–H groups in total. The van der Waals surface area contributed by atoms with E-state index in [9.17, 15) is 0 Å². The van der Waals surface area contributed by atoms with Crippen LogP contribution in [0.15, 0.2) is 29.4 Å². The van der Waals surface area contributed by atoms with Crippen molar-refractivity contribution < 1.29 is 4.74 Å². The lowest BCUT2D eigenvalue weighted by molar-refractivity contribution is 0.329. The number of benzene rings is 1. The lowest BCUT2D eigenvalue weighted by Gasteiger charge is -2.00. The molecule has 0 unspecified atom stereocenters. The van der Waals surface area contributed by atoms with E-state index in [0.717, 1.165) is 3.57 Å². The molecular formula is C7H6IN3O. The van der Waals surface area contributed by atoms with Crippen molar-refractivity contribution in [1.29, 1.82) is 0 Å². The van der Waals surface area contributed by atoms with Crippen LogP contribution in [-0.2, 0) is 0 Å². The number of ether oxygens (including phenoxy) is 1.